The van der Waals surface area contributed by atoms with Gasteiger partial charge in [-0.25, -0.2) is 0 Å². The van der Waals surface area contributed by atoms with Crippen LogP contribution in [0.15, 0.2) is 24.3 Å². The summed E-state index contributed by atoms with van der Waals surface area (Å²) in [5.41, 5.74) is 10.6. The molecule has 112 valence electrons. The van der Waals surface area contributed by atoms with Gasteiger partial charge in [0, 0.05) is 5.02 Å². The zero-order chi connectivity index (χ0) is 14.6. The number of rotatable bonds is 5. The maximum atomic E-state index is 11.9. The summed E-state index contributed by atoms with van der Waals surface area (Å²) in [6.45, 7) is 3.17. The smallest absolute Gasteiger partial charge is 0.240 e. The minimum atomic E-state index is -1.03. The Labute approximate surface area is 129 Å². The number of nitrogens with one attached hydrogen (secondary N) is 1. The maximum Gasteiger partial charge on any atom is 0.240 e. The Morgan fingerprint density at radius 1 is 1.40 bits per heavy atom. The normalized spacial score (nSPS) is 12.2. The molecule has 1 aromatic carbocycles. The monoisotopic (exact) mass is 319 g/mol. The van der Waals surface area contributed by atoms with Gasteiger partial charge in [-0.3, -0.25) is 9.59 Å². The SMILES string of the molecule is CC(C)(N)C(=O)N[C@H](CC(N)=O)c1cccc(Cl)c1.Cl. The molecule has 5 nitrogen and oxygen atoms in total. The zero-order valence-electron chi connectivity index (χ0n) is 11.4. The van der Waals surface area contributed by atoms with E-state index in [1.54, 1.807) is 38.1 Å². The molecule has 2 amide bonds. The van der Waals surface area contributed by atoms with Crippen molar-refractivity contribution in [2.45, 2.75) is 31.8 Å². The molecule has 0 aliphatic rings. The average molecular weight is 320 g/mol. The summed E-state index contributed by atoms with van der Waals surface area (Å²) >= 11 is 5.90. The first kappa shape index (κ1) is 18.7. The van der Waals surface area contributed by atoms with Crippen LogP contribution in [0.3, 0.4) is 0 Å². The third-order valence-corrected chi connectivity index (χ3v) is 2.78. The lowest BCUT2D eigenvalue weighted by Gasteiger charge is -2.24. The van der Waals surface area contributed by atoms with E-state index < -0.39 is 17.5 Å². The van der Waals surface area contributed by atoms with Crippen molar-refractivity contribution >= 4 is 35.8 Å². The Hall–Kier alpha value is -1.30. The van der Waals surface area contributed by atoms with E-state index in [2.05, 4.69) is 5.32 Å². The van der Waals surface area contributed by atoms with E-state index in [9.17, 15) is 9.59 Å². The van der Waals surface area contributed by atoms with E-state index >= 15 is 0 Å². The largest absolute Gasteiger partial charge is 0.370 e. The minimum absolute atomic E-state index is 0. The average Bonchev–Trinajstić information content (AvgIpc) is 2.26. The minimum Gasteiger partial charge on any atom is -0.370 e. The Balaban J connectivity index is 0.00000361. The summed E-state index contributed by atoms with van der Waals surface area (Å²) in [4.78, 5) is 23.0. The summed E-state index contributed by atoms with van der Waals surface area (Å²) in [7, 11) is 0. The molecule has 0 saturated carbocycles. The molecule has 0 saturated heterocycles. The van der Waals surface area contributed by atoms with E-state index in [1.807, 2.05) is 0 Å². The van der Waals surface area contributed by atoms with E-state index in [0.717, 1.165) is 0 Å². The fourth-order valence-corrected chi connectivity index (χ4v) is 1.72. The summed E-state index contributed by atoms with van der Waals surface area (Å²) < 4.78 is 0. The van der Waals surface area contributed by atoms with Gasteiger partial charge in [0.15, 0.2) is 0 Å². The standard InChI is InChI=1S/C13H18ClN3O2.ClH/c1-13(2,16)12(19)17-10(7-11(15)18)8-4-3-5-9(14)6-8;/h3-6,10H,7,16H2,1-2H3,(H2,15,18)(H,17,19);1H/t10-;/m1./s1. The second kappa shape index (κ2) is 7.47. The molecule has 1 atom stereocenters. The molecule has 0 fully saturated rings. The van der Waals surface area contributed by atoms with E-state index in [-0.39, 0.29) is 24.7 Å². The van der Waals surface area contributed by atoms with Gasteiger partial charge in [0.2, 0.25) is 11.8 Å². The van der Waals surface area contributed by atoms with Gasteiger partial charge in [-0.1, -0.05) is 23.7 Å². The van der Waals surface area contributed by atoms with E-state index in [1.165, 1.54) is 0 Å². The van der Waals surface area contributed by atoms with Crippen molar-refractivity contribution in [3.8, 4) is 0 Å². The lowest BCUT2D eigenvalue weighted by molar-refractivity contribution is -0.126. The van der Waals surface area contributed by atoms with Crippen molar-refractivity contribution < 1.29 is 9.59 Å². The van der Waals surface area contributed by atoms with Crippen molar-refractivity contribution in [1.82, 2.24) is 5.32 Å². The first-order valence-electron chi connectivity index (χ1n) is 5.84. The second-order valence-electron chi connectivity index (χ2n) is 4.97. The number of nitrogens with two attached hydrogens (primary N) is 2. The van der Waals surface area contributed by atoms with Crippen LogP contribution in [0.5, 0.6) is 0 Å². The lowest BCUT2D eigenvalue weighted by atomic mass is 10.0. The first-order valence-corrected chi connectivity index (χ1v) is 6.21. The maximum absolute atomic E-state index is 11.9. The molecule has 0 aliphatic heterocycles. The Bertz CT molecular complexity index is 487. The van der Waals surface area contributed by atoms with Gasteiger partial charge in [0.05, 0.1) is 18.0 Å². The predicted octanol–water partition coefficient (Wildman–Crippen LogP) is 1.53. The third kappa shape index (κ3) is 5.77. The topological polar surface area (TPSA) is 98.2 Å². The third-order valence-electron chi connectivity index (χ3n) is 2.55. The summed E-state index contributed by atoms with van der Waals surface area (Å²) in [6, 6.07) is 6.36. The lowest BCUT2D eigenvalue weighted by Crippen LogP contribution is -2.50. The Morgan fingerprint density at radius 3 is 2.45 bits per heavy atom. The molecular weight excluding hydrogens is 301 g/mol. The fourth-order valence-electron chi connectivity index (χ4n) is 1.52. The Morgan fingerprint density at radius 2 is 2.00 bits per heavy atom. The highest BCUT2D eigenvalue weighted by atomic mass is 35.5. The van der Waals surface area contributed by atoms with E-state index in [4.69, 9.17) is 23.1 Å². The highest BCUT2D eigenvalue weighted by molar-refractivity contribution is 6.30. The predicted molar refractivity (Wildman–Crippen MR) is 81.7 cm³/mol. The van der Waals surface area contributed by atoms with Gasteiger partial charge >= 0.3 is 0 Å². The van der Waals surface area contributed by atoms with Gasteiger partial charge in [-0.05, 0) is 31.5 Å². The molecule has 7 heteroatoms. The van der Waals surface area contributed by atoms with Crippen molar-refractivity contribution in [3.05, 3.63) is 34.9 Å². The van der Waals surface area contributed by atoms with Crippen molar-refractivity contribution in [1.29, 1.82) is 0 Å². The summed E-state index contributed by atoms with van der Waals surface area (Å²) in [5, 5.41) is 3.23. The molecule has 0 heterocycles. The number of benzene rings is 1. The fraction of sp³-hybridized carbons (Fsp3) is 0.385. The second-order valence-corrected chi connectivity index (χ2v) is 5.41. The zero-order valence-corrected chi connectivity index (χ0v) is 12.9. The molecule has 5 N–H and O–H groups in total. The molecule has 0 spiro atoms. The van der Waals surface area contributed by atoms with Crippen LogP contribution in [-0.2, 0) is 9.59 Å². The van der Waals surface area contributed by atoms with Gasteiger partial charge in [-0.2, -0.15) is 0 Å². The van der Waals surface area contributed by atoms with E-state index in [0.29, 0.717) is 10.6 Å². The number of halogens is 2. The Kier molecular flexibility index (Phi) is 6.99. The van der Waals surface area contributed by atoms with Crippen LogP contribution in [0, 0.1) is 0 Å². The van der Waals surface area contributed by atoms with Crippen LogP contribution in [0.1, 0.15) is 31.9 Å². The van der Waals surface area contributed by atoms with Crippen LogP contribution in [0.4, 0.5) is 0 Å². The van der Waals surface area contributed by atoms with Crippen LogP contribution in [0.25, 0.3) is 0 Å². The van der Waals surface area contributed by atoms with Gasteiger partial charge < -0.3 is 16.8 Å². The summed E-state index contributed by atoms with van der Waals surface area (Å²) in [6.07, 6.45) is -0.0117. The van der Waals surface area contributed by atoms with Crippen molar-refractivity contribution in [3.63, 3.8) is 0 Å². The number of hydrogen-bond donors (Lipinski definition) is 3. The molecule has 0 bridgehead atoms. The molecule has 0 radical (unpaired) electrons. The van der Waals surface area contributed by atoms with Crippen LogP contribution >= 0.6 is 24.0 Å². The van der Waals surface area contributed by atoms with Crippen LogP contribution in [0.2, 0.25) is 5.02 Å². The molecule has 1 rings (SSSR count). The number of amides is 2. The highest BCUT2D eigenvalue weighted by Crippen LogP contribution is 2.21. The summed E-state index contributed by atoms with van der Waals surface area (Å²) in [5.74, 6) is -0.876. The van der Waals surface area contributed by atoms with Crippen LogP contribution in [-0.4, -0.2) is 17.4 Å². The molecule has 0 unspecified atom stereocenters. The molecule has 0 aliphatic carbocycles. The van der Waals surface area contributed by atoms with Gasteiger partial charge in [-0.15, -0.1) is 12.4 Å². The molecule has 0 aromatic heterocycles. The first-order chi connectivity index (χ1) is 8.70. The molecule has 1 aromatic rings. The number of carbonyl (C=O) groups excluding carboxylic acids is 2. The number of hydrogen-bond acceptors (Lipinski definition) is 3. The van der Waals surface area contributed by atoms with Crippen molar-refractivity contribution in [2.75, 3.05) is 0 Å². The quantitative estimate of drug-likeness (QED) is 0.767. The van der Waals surface area contributed by atoms with Gasteiger partial charge in [0.25, 0.3) is 0 Å². The van der Waals surface area contributed by atoms with Gasteiger partial charge in [0.1, 0.15) is 0 Å². The molecular formula is C13H19Cl2N3O2. The molecule has 20 heavy (non-hydrogen) atoms. The number of carbonyl (C=O) groups is 2. The van der Waals surface area contributed by atoms with Crippen LogP contribution < -0.4 is 16.8 Å². The van der Waals surface area contributed by atoms with Crippen molar-refractivity contribution in [2.24, 2.45) is 11.5 Å². The highest BCUT2D eigenvalue weighted by Gasteiger charge is 2.26. The number of primary amides is 1.